The molecule has 0 unspecified atom stereocenters. The van der Waals surface area contributed by atoms with Crippen LogP contribution in [0.5, 0.6) is 11.5 Å². The lowest BCUT2D eigenvalue weighted by atomic mass is 10.0. The van der Waals surface area contributed by atoms with Gasteiger partial charge in [0.05, 0.1) is 12.2 Å². The molecule has 3 aromatic carbocycles. The predicted molar refractivity (Wildman–Crippen MR) is 139 cm³/mol. The van der Waals surface area contributed by atoms with Crippen molar-refractivity contribution in [2.75, 3.05) is 20.3 Å². The Kier molecular flexibility index (Phi) is 8.54. The second-order valence-corrected chi connectivity index (χ2v) is 8.02. The maximum atomic E-state index is 12.2. The van der Waals surface area contributed by atoms with Gasteiger partial charge in [-0.05, 0) is 49.2 Å². The van der Waals surface area contributed by atoms with Crippen molar-refractivity contribution < 1.29 is 28.4 Å². The number of carbonyl (C=O) groups excluding carboxylic acids is 1. The standard InChI is InChI=1S/C29H28N2O6/c1-4-34-29(32)28-27(20(2)37-31-28)23-12-16-25(17-13-23)35-18-21-10-14-24(15-11-21)36-19-26(30-33-3)22-8-6-5-7-9-22/h5-17H,4,18-19H2,1-3H3/b30-26+. The van der Waals surface area contributed by atoms with Crippen molar-refractivity contribution in [1.29, 1.82) is 0 Å². The van der Waals surface area contributed by atoms with E-state index in [0.29, 0.717) is 35.1 Å². The molecular weight excluding hydrogens is 472 g/mol. The fourth-order valence-corrected chi connectivity index (χ4v) is 3.67. The lowest BCUT2D eigenvalue weighted by Crippen LogP contribution is -2.13. The molecule has 37 heavy (non-hydrogen) atoms. The second kappa shape index (κ2) is 12.4. The molecule has 0 aliphatic heterocycles. The van der Waals surface area contributed by atoms with Gasteiger partial charge in [-0.25, -0.2) is 4.79 Å². The molecule has 0 amide bonds. The highest BCUT2D eigenvalue weighted by Gasteiger charge is 2.22. The van der Waals surface area contributed by atoms with E-state index in [9.17, 15) is 4.79 Å². The Morgan fingerprint density at radius 1 is 0.919 bits per heavy atom. The van der Waals surface area contributed by atoms with Crippen molar-refractivity contribution in [2.45, 2.75) is 20.5 Å². The van der Waals surface area contributed by atoms with Crippen LogP contribution >= 0.6 is 0 Å². The number of aromatic nitrogens is 1. The van der Waals surface area contributed by atoms with E-state index in [0.717, 1.165) is 16.7 Å². The van der Waals surface area contributed by atoms with Crippen molar-refractivity contribution in [2.24, 2.45) is 5.16 Å². The van der Waals surface area contributed by atoms with Gasteiger partial charge in [0.2, 0.25) is 0 Å². The highest BCUT2D eigenvalue weighted by atomic mass is 16.6. The van der Waals surface area contributed by atoms with Crippen LogP contribution in [0, 0.1) is 6.92 Å². The Morgan fingerprint density at radius 3 is 2.27 bits per heavy atom. The average Bonchev–Trinajstić information content (AvgIpc) is 3.32. The maximum Gasteiger partial charge on any atom is 0.361 e. The van der Waals surface area contributed by atoms with Crippen molar-refractivity contribution in [3.05, 3.63) is 101 Å². The first-order valence-corrected chi connectivity index (χ1v) is 11.8. The van der Waals surface area contributed by atoms with E-state index in [1.54, 1.807) is 13.8 Å². The number of hydrogen-bond donors (Lipinski definition) is 0. The Bertz CT molecular complexity index is 1330. The van der Waals surface area contributed by atoms with Crippen LogP contribution in [0.2, 0.25) is 0 Å². The third-order valence-corrected chi connectivity index (χ3v) is 5.49. The first kappa shape index (κ1) is 25.5. The highest BCUT2D eigenvalue weighted by Crippen LogP contribution is 2.29. The number of aryl methyl sites for hydroxylation is 1. The van der Waals surface area contributed by atoms with E-state index >= 15 is 0 Å². The minimum atomic E-state index is -0.510. The summed E-state index contributed by atoms with van der Waals surface area (Å²) >= 11 is 0. The molecule has 1 heterocycles. The number of nitrogens with zero attached hydrogens (tertiary/aromatic N) is 2. The molecule has 4 rings (SSSR count). The molecule has 0 aliphatic carbocycles. The van der Waals surface area contributed by atoms with Crippen LogP contribution in [0.1, 0.15) is 34.3 Å². The van der Waals surface area contributed by atoms with Gasteiger partial charge in [-0.15, -0.1) is 0 Å². The van der Waals surface area contributed by atoms with Crippen LogP contribution in [-0.4, -0.2) is 37.2 Å². The largest absolute Gasteiger partial charge is 0.489 e. The molecule has 0 spiro atoms. The molecule has 190 valence electrons. The van der Waals surface area contributed by atoms with Crippen molar-refractivity contribution >= 4 is 11.7 Å². The van der Waals surface area contributed by atoms with E-state index in [1.807, 2.05) is 78.9 Å². The molecule has 0 N–H and O–H groups in total. The quantitative estimate of drug-likeness (QED) is 0.145. The van der Waals surface area contributed by atoms with Gasteiger partial charge in [0.25, 0.3) is 0 Å². The fraction of sp³-hybridized carbons (Fsp3) is 0.207. The summed E-state index contributed by atoms with van der Waals surface area (Å²) in [5.74, 6) is 1.45. The zero-order chi connectivity index (χ0) is 26.0. The maximum absolute atomic E-state index is 12.2. The van der Waals surface area contributed by atoms with Gasteiger partial charge in [0.1, 0.15) is 43.3 Å². The molecule has 4 aromatic rings. The molecule has 0 radical (unpaired) electrons. The minimum Gasteiger partial charge on any atom is -0.489 e. The van der Waals surface area contributed by atoms with Gasteiger partial charge in [-0.1, -0.05) is 64.9 Å². The van der Waals surface area contributed by atoms with Crippen molar-refractivity contribution in [3.8, 4) is 22.6 Å². The zero-order valence-corrected chi connectivity index (χ0v) is 21.0. The van der Waals surface area contributed by atoms with Crippen LogP contribution in [0.3, 0.4) is 0 Å². The Morgan fingerprint density at radius 2 is 1.59 bits per heavy atom. The van der Waals surface area contributed by atoms with E-state index in [1.165, 1.54) is 7.11 Å². The first-order valence-electron chi connectivity index (χ1n) is 11.8. The highest BCUT2D eigenvalue weighted by molar-refractivity contribution is 6.01. The summed E-state index contributed by atoms with van der Waals surface area (Å²) in [7, 11) is 1.52. The summed E-state index contributed by atoms with van der Waals surface area (Å²) in [5, 5.41) is 7.94. The monoisotopic (exact) mass is 500 g/mol. The van der Waals surface area contributed by atoms with E-state index < -0.39 is 5.97 Å². The second-order valence-electron chi connectivity index (χ2n) is 8.02. The normalized spacial score (nSPS) is 11.2. The number of benzene rings is 3. The molecule has 0 saturated heterocycles. The van der Waals surface area contributed by atoms with Crippen LogP contribution in [0.4, 0.5) is 0 Å². The molecule has 0 atom stereocenters. The van der Waals surface area contributed by atoms with Gasteiger partial charge < -0.3 is 23.6 Å². The number of oxime groups is 1. The number of rotatable bonds is 11. The summed E-state index contributed by atoms with van der Waals surface area (Å²) in [6, 6.07) is 24.8. The predicted octanol–water partition coefficient (Wildman–Crippen LogP) is 5.84. The molecular formula is C29H28N2O6. The molecule has 0 saturated carbocycles. The van der Waals surface area contributed by atoms with Gasteiger partial charge >= 0.3 is 5.97 Å². The lowest BCUT2D eigenvalue weighted by Gasteiger charge is -2.10. The topological polar surface area (TPSA) is 92.4 Å². The fourth-order valence-electron chi connectivity index (χ4n) is 3.67. The first-order chi connectivity index (χ1) is 18.1. The van der Waals surface area contributed by atoms with Gasteiger partial charge in [0.15, 0.2) is 5.69 Å². The van der Waals surface area contributed by atoms with E-state index in [-0.39, 0.29) is 18.9 Å². The Labute approximate surface area is 215 Å². The minimum absolute atomic E-state index is 0.166. The van der Waals surface area contributed by atoms with Crippen LogP contribution in [0.15, 0.2) is 88.5 Å². The Hall–Kier alpha value is -4.59. The summed E-state index contributed by atoms with van der Waals surface area (Å²) in [6.07, 6.45) is 0. The average molecular weight is 501 g/mol. The van der Waals surface area contributed by atoms with Crippen molar-refractivity contribution in [1.82, 2.24) is 5.16 Å². The molecule has 8 nitrogen and oxygen atoms in total. The summed E-state index contributed by atoms with van der Waals surface area (Å²) in [5.41, 5.74) is 4.21. The summed E-state index contributed by atoms with van der Waals surface area (Å²) in [4.78, 5) is 17.1. The number of ether oxygens (including phenoxy) is 3. The molecule has 1 aromatic heterocycles. The van der Waals surface area contributed by atoms with Crippen molar-refractivity contribution in [3.63, 3.8) is 0 Å². The summed E-state index contributed by atoms with van der Waals surface area (Å²) < 4.78 is 22.1. The third-order valence-electron chi connectivity index (χ3n) is 5.49. The number of hydrogen-bond acceptors (Lipinski definition) is 8. The van der Waals surface area contributed by atoms with Crippen LogP contribution < -0.4 is 9.47 Å². The van der Waals surface area contributed by atoms with Crippen LogP contribution in [0.25, 0.3) is 11.1 Å². The zero-order valence-electron chi connectivity index (χ0n) is 21.0. The smallest absolute Gasteiger partial charge is 0.361 e. The molecule has 0 aliphatic rings. The SMILES string of the molecule is CCOC(=O)c1noc(C)c1-c1ccc(OCc2ccc(OC/C(=N\OC)c3ccccc3)cc2)cc1. The van der Waals surface area contributed by atoms with Gasteiger partial charge in [-0.2, -0.15) is 0 Å². The summed E-state index contributed by atoms with van der Waals surface area (Å²) in [6.45, 7) is 4.44. The Balaban J connectivity index is 1.34. The van der Waals surface area contributed by atoms with Gasteiger partial charge in [0, 0.05) is 5.56 Å². The molecule has 8 heteroatoms. The molecule has 0 fully saturated rings. The number of carbonyl (C=O) groups is 1. The van der Waals surface area contributed by atoms with E-state index in [4.69, 9.17) is 23.6 Å². The lowest BCUT2D eigenvalue weighted by molar-refractivity contribution is 0.0515. The van der Waals surface area contributed by atoms with Gasteiger partial charge in [-0.3, -0.25) is 0 Å². The third kappa shape index (κ3) is 6.55. The van der Waals surface area contributed by atoms with E-state index in [2.05, 4.69) is 10.3 Å². The van der Waals surface area contributed by atoms with Crippen LogP contribution in [-0.2, 0) is 16.2 Å². The number of esters is 1. The molecule has 0 bridgehead atoms.